The van der Waals surface area contributed by atoms with E-state index in [2.05, 4.69) is 38.2 Å². The molecule has 1 unspecified atom stereocenters. The standard InChI is InChI=1S/C16H25N5/c1-12(11-21-8-4-3-5-9-21)18-10-14-6-7-17-16-15(14)19-13(2)20-16/h6-7,12,18H,3-5,8-11H2,1-2H3,(H,17,19,20). The van der Waals surface area contributed by atoms with Crippen LogP contribution in [0.1, 0.15) is 37.6 Å². The maximum atomic E-state index is 4.39. The van der Waals surface area contributed by atoms with Gasteiger partial charge in [0.1, 0.15) is 5.82 Å². The maximum absolute atomic E-state index is 4.39. The van der Waals surface area contributed by atoms with Crippen LogP contribution in [0.2, 0.25) is 0 Å². The third-order valence-corrected chi connectivity index (χ3v) is 4.22. The number of nitrogens with zero attached hydrogens (tertiary/aromatic N) is 3. The highest BCUT2D eigenvalue weighted by Gasteiger charge is 2.13. The zero-order chi connectivity index (χ0) is 14.7. The number of aromatic amines is 1. The number of piperidine rings is 1. The Morgan fingerprint density at radius 1 is 1.33 bits per heavy atom. The number of fused-ring (bicyclic) bond motifs is 1. The zero-order valence-corrected chi connectivity index (χ0v) is 13.0. The van der Waals surface area contributed by atoms with E-state index in [0.717, 1.165) is 30.1 Å². The lowest BCUT2D eigenvalue weighted by Gasteiger charge is -2.29. The Morgan fingerprint density at radius 3 is 2.95 bits per heavy atom. The minimum Gasteiger partial charge on any atom is -0.341 e. The summed E-state index contributed by atoms with van der Waals surface area (Å²) in [5.41, 5.74) is 3.12. The molecule has 0 aliphatic carbocycles. The van der Waals surface area contributed by atoms with E-state index < -0.39 is 0 Å². The van der Waals surface area contributed by atoms with E-state index in [0.29, 0.717) is 6.04 Å². The van der Waals surface area contributed by atoms with Crippen molar-refractivity contribution >= 4 is 11.2 Å². The lowest BCUT2D eigenvalue weighted by Crippen LogP contribution is -2.41. The lowest BCUT2D eigenvalue weighted by atomic mass is 10.1. The summed E-state index contributed by atoms with van der Waals surface area (Å²) in [7, 11) is 0. The van der Waals surface area contributed by atoms with Gasteiger partial charge in [-0.1, -0.05) is 6.42 Å². The molecule has 0 bridgehead atoms. The number of pyridine rings is 1. The molecule has 2 aromatic heterocycles. The number of aromatic nitrogens is 3. The fourth-order valence-electron chi connectivity index (χ4n) is 3.10. The molecule has 0 aromatic carbocycles. The molecule has 1 atom stereocenters. The Balaban J connectivity index is 1.58. The fourth-order valence-corrected chi connectivity index (χ4v) is 3.10. The Morgan fingerprint density at radius 2 is 2.14 bits per heavy atom. The van der Waals surface area contributed by atoms with E-state index in [1.54, 1.807) is 0 Å². The van der Waals surface area contributed by atoms with E-state index in [1.165, 1.54) is 37.9 Å². The van der Waals surface area contributed by atoms with Crippen LogP contribution in [0.4, 0.5) is 0 Å². The maximum Gasteiger partial charge on any atom is 0.177 e. The Bertz CT molecular complexity index is 585. The van der Waals surface area contributed by atoms with Crippen molar-refractivity contribution in [3.8, 4) is 0 Å². The molecule has 2 N–H and O–H groups in total. The van der Waals surface area contributed by atoms with E-state index in [-0.39, 0.29) is 0 Å². The quantitative estimate of drug-likeness (QED) is 0.885. The Kier molecular flexibility index (Phi) is 4.51. The molecule has 1 aliphatic rings. The average Bonchev–Trinajstić information content (AvgIpc) is 2.87. The SMILES string of the molecule is Cc1nc2nccc(CNC(C)CN3CCCCC3)c2[nH]1. The van der Waals surface area contributed by atoms with Crippen LogP contribution in [0, 0.1) is 6.92 Å². The molecule has 21 heavy (non-hydrogen) atoms. The van der Waals surface area contributed by atoms with Gasteiger partial charge < -0.3 is 15.2 Å². The van der Waals surface area contributed by atoms with Gasteiger partial charge in [-0.25, -0.2) is 9.97 Å². The van der Waals surface area contributed by atoms with Gasteiger partial charge in [0.15, 0.2) is 5.65 Å². The predicted molar refractivity (Wildman–Crippen MR) is 85.2 cm³/mol. The summed E-state index contributed by atoms with van der Waals surface area (Å²) >= 11 is 0. The molecule has 0 spiro atoms. The van der Waals surface area contributed by atoms with Crippen molar-refractivity contribution in [2.75, 3.05) is 19.6 Å². The molecule has 0 amide bonds. The summed E-state index contributed by atoms with van der Waals surface area (Å²) in [5, 5.41) is 3.63. The number of imidazole rings is 1. The molecule has 0 radical (unpaired) electrons. The largest absolute Gasteiger partial charge is 0.341 e. The van der Waals surface area contributed by atoms with Crippen LogP contribution in [-0.2, 0) is 6.54 Å². The first-order valence-electron chi connectivity index (χ1n) is 7.98. The van der Waals surface area contributed by atoms with Crippen LogP contribution < -0.4 is 5.32 Å². The van der Waals surface area contributed by atoms with Gasteiger partial charge in [-0.3, -0.25) is 0 Å². The molecule has 1 fully saturated rings. The van der Waals surface area contributed by atoms with Crippen molar-refractivity contribution < 1.29 is 0 Å². The summed E-state index contributed by atoms with van der Waals surface area (Å²) in [5.74, 6) is 0.923. The first-order chi connectivity index (χ1) is 10.2. The van der Waals surface area contributed by atoms with Crippen LogP contribution in [0.3, 0.4) is 0 Å². The van der Waals surface area contributed by atoms with Gasteiger partial charge in [-0.05, 0) is 51.4 Å². The molecule has 1 saturated heterocycles. The molecule has 3 rings (SSSR count). The second-order valence-electron chi connectivity index (χ2n) is 6.13. The number of nitrogens with one attached hydrogen (secondary N) is 2. The Labute approximate surface area is 126 Å². The number of rotatable bonds is 5. The summed E-state index contributed by atoms with van der Waals surface area (Å²) in [6, 6.07) is 2.57. The highest BCUT2D eigenvalue weighted by molar-refractivity contribution is 5.74. The third kappa shape index (κ3) is 3.60. The first-order valence-corrected chi connectivity index (χ1v) is 7.98. The average molecular weight is 287 g/mol. The topological polar surface area (TPSA) is 56.8 Å². The molecular weight excluding hydrogens is 262 g/mol. The van der Waals surface area contributed by atoms with E-state index >= 15 is 0 Å². The summed E-state index contributed by atoms with van der Waals surface area (Å²) < 4.78 is 0. The zero-order valence-electron chi connectivity index (χ0n) is 13.0. The number of H-pyrrole nitrogens is 1. The molecule has 0 saturated carbocycles. The second-order valence-corrected chi connectivity index (χ2v) is 6.13. The minimum atomic E-state index is 0.496. The van der Waals surface area contributed by atoms with Gasteiger partial charge in [0.05, 0.1) is 5.52 Å². The molecule has 5 nitrogen and oxygen atoms in total. The lowest BCUT2D eigenvalue weighted by molar-refractivity contribution is 0.209. The summed E-state index contributed by atoms with van der Waals surface area (Å²) in [6.45, 7) is 8.74. The summed E-state index contributed by atoms with van der Waals surface area (Å²) in [6.07, 6.45) is 5.94. The number of hydrogen-bond donors (Lipinski definition) is 2. The molecule has 1 aliphatic heterocycles. The molecule has 114 valence electrons. The van der Waals surface area contributed by atoms with Gasteiger partial charge in [-0.2, -0.15) is 0 Å². The van der Waals surface area contributed by atoms with Crippen LogP contribution >= 0.6 is 0 Å². The number of aryl methyl sites for hydroxylation is 1. The van der Waals surface area contributed by atoms with E-state index in [1.807, 2.05) is 13.1 Å². The van der Waals surface area contributed by atoms with Gasteiger partial charge >= 0.3 is 0 Å². The normalized spacial score (nSPS) is 18.2. The molecule has 2 aromatic rings. The first kappa shape index (κ1) is 14.5. The Hall–Kier alpha value is -1.46. The van der Waals surface area contributed by atoms with Crippen LogP contribution in [0.15, 0.2) is 12.3 Å². The van der Waals surface area contributed by atoms with Gasteiger partial charge in [-0.15, -0.1) is 0 Å². The van der Waals surface area contributed by atoms with Crippen LogP contribution in [0.5, 0.6) is 0 Å². The molecule has 5 heteroatoms. The van der Waals surface area contributed by atoms with Gasteiger partial charge in [0.2, 0.25) is 0 Å². The monoisotopic (exact) mass is 287 g/mol. The van der Waals surface area contributed by atoms with Crippen molar-refractivity contribution in [3.05, 3.63) is 23.7 Å². The predicted octanol–water partition coefficient (Wildman–Crippen LogP) is 2.23. The molecular formula is C16H25N5. The van der Waals surface area contributed by atoms with Crippen molar-refractivity contribution in [1.82, 2.24) is 25.2 Å². The van der Waals surface area contributed by atoms with E-state index in [9.17, 15) is 0 Å². The smallest absolute Gasteiger partial charge is 0.177 e. The van der Waals surface area contributed by atoms with Gasteiger partial charge in [0.25, 0.3) is 0 Å². The van der Waals surface area contributed by atoms with Crippen molar-refractivity contribution in [3.63, 3.8) is 0 Å². The number of hydrogen-bond acceptors (Lipinski definition) is 4. The van der Waals surface area contributed by atoms with Crippen LogP contribution in [0.25, 0.3) is 11.2 Å². The highest BCUT2D eigenvalue weighted by Crippen LogP contribution is 2.14. The van der Waals surface area contributed by atoms with Crippen molar-refractivity contribution in [2.45, 2.75) is 45.7 Å². The number of likely N-dealkylation sites (tertiary alicyclic amines) is 1. The van der Waals surface area contributed by atoms with Crippen molar-refractivity contribution in [1.29, 1.82) is 0 Å². The third-order valence-electron chi connectivity index (χ3n) is 4.22. The van der Waals surface area contributed by atoms with Gasteiger partial charge in [0, 0.05) is 25.3 Å². The summed E-state index contributed by atoms with van der Waals surface area (Å²) in [4.78, 5) is 14.6. The minimum absolute atomic E-state index is 0.496. The highest BCUT2D eigenvalue weighted by atomic mass is 15.1. The molecule has 3 heterocycles. The van der Waals surface area contributed by atoms with Crippen molar-refractivity contribution in [2.24, 2.45) is 0 Å². The van der Waals surface area contributed by atoms with E-state index in [4.69, 9.17) is 0 Å². The second kappa shape index (κ2) is 6.54. The fraction of sp³-hybridized carbons (Fsp3) is 0.625. The van der Waals surface area contributed by atoms with Crippen LogP contribution in [-0.4, -0.2) is 45.5 Å².